The van der Waals surface area contributed by atoms with Crippen molar-refractivity contribution in [2.45, 2.75) is 18.9 Å². The summed E-state index contributed by atoms with van der Waals surface area (Å²) >= 11 is 0. The third kappa shape index (κ3) is 4.16. The summed E-state index contributed by atoms with van der Waals surface area (Å²) in [6.07, 6.45) is 1.67. The molecule has 7 nitrogen and oxygen atoms in total. The average Bonchev–Trinajstić information content (AvgIpc) is 2.73. The molecule has 1 aromatic rings. The molecule has 2 fully saturated rings. The van der Waals surface area contributed by atoms with E-state index in [0.717, 1.165) is 18.6 Å². The van der Waals surface area contributed by atoms with Crippen molar-refractivity contribution in [1.82, 2.24) is 9.80 Å². The number of hydrogen-bond donors (Lipinski definition) is 1. The van der Waals surface area contributed by atoms with Gasteiger partial charge in [-0.15, -0.1) is 0 Å². The minimum Gasteiger partial charge on any atom is -0.497 e. The third-order valence-corrected chi connectivity index (χ3v) is 5.27. The van der Waals surface area contributed by atoms with Gasteiger partial charge < -0.3 is 25.0 Å². The molecule has 3 rings (SSSR count). The van der Waals surface area contributed by atoms with Crippen LogP contribution >= 0.6 is 0 Å². The molecule has 26 heavy (non-hydrogen) atoms. The number of ether oxygens (including phenoxy) is 2. The maximum absolute atomic E-state index is 12.7. The Labute approximate surface area is 154 Å². The molecular weight excluding hydrogens is 334 g/mol. The van der Waals surface area contributed by atoms with Gasteiger partial charge >= 0.3 is 0 Å². The lowest BCUT2D eigenvalue weighted by Gasteiger charge is -2.37. The van der Waals surface area contributed by atoms with Crippen LogP contribution in [0.15, 0.2) is 24.3 Å². The highest BCUT2D eigenvalue weighted by molar-refractivity contribution is 5.94. The predicted octanol–water partition coefficient (Wildman–Crippen LogP) is 0.734. The summed E-state index contributed by atoms with van der Waals surface area (Å²) in [5.41, 5.74) is 6.83. The van der Waals surface area contributed by atoms with Gasteiger partial charge in [-0.3, -0.25) is 9.59 Å². The van der Waals surface area contributed by atoms with E-state index in [2.05, 4.69) is 0 Å². The summed E-state index contributed by atoms with van der Waals surface area (Å²) in [6.45, 7) is 3.45. The van der Waals surface area contributed by atoms with Crippen LogP contribution in [0.1, 0.15) is 23.2 Å². The minimum atomic E-state index is -0.470. The van der Waals surface area contributed by atoms with Gasteiger partial charge in [0.15, 0.2) is 0 Å². The molecule has 2 aliphatic heterocycles. The van der Waals surface area contributed by atoms with Gasteiger partial charge in [-0.25, -0.2) is 0 Å². The monoisotopic (exact) mass is 361 g/mol. The fraction of sp³-hybridized carbons (Fsp3) is 0.579. The molecule has 7 heteroatoms. The van der Waals surface area contributed by atoms with Gasteiger partial charge in [-0.05, 0) is 43.0 Å². The Balaban J connectivity index is 1.52. The predicted molar refractivity (Wildman–Crippen MR) is 97.0 cm³/mol. The van der Waals surface area contributed by atoms with Gasteiger partial charge in [-0.1, -0.05) is 0 Å². The molecule has 2 heterocycles. The Hall–Kier alpha value is -2.12. The van der Waals surface area contributed by atoms with Crippen molar-refractivity contribution >= 4 is 11.8 Å². The molecular formula is C19H27N3O4. The smallest absolute Gasteiger partial charge is 0.253 e. The SMILES string of the molecule is COc1ccc(C(=O)N2CCN(C(=O)C(N)C3CCOCC3)CC2)cc1. The molecule has 0 spiro atoms. The summed E-state index contributed by atoms with van der Waals surface area (Å²) in [5.74, 6) is 0.885. The molecule has 142 valence electrons. The first-order valence-electron chi connectivity index (χ1n) is 9.15. The molecule has 0 aromatic heterocycles. The number of carbonyl (C=O) groups is 2. The van der Waals surface area contributed by atoms with Gasteiger partial charge in [-0.2, -0.15) is 0 Å². The van der Waals surface area contributed by atoms with Gasteiger partial charge in [0.05, 0.1) is 13.2 Å². The number of nitrogens with two attached hydrogens (primary N) is 1. The van der Waals surface area contributed by atoms with E-state index >= 15 is 0 Å². The maximum Gasteiger partial charge on any atom is 0.253 e. The van der Waals surface area contributed by atoms with Crippen molar-refractivity contribution in [2.24, 2.45) is 11.7 Å². The van der Waals surface area contributed by atoms with E-state index in [1.807, 2.05) is 0 Å². The number of nitrogens with zero attached hydrogens (tertiary/aromatic N) is 2. The molecule has 2 saturated heterocycles. The van der Waals surface area contributed by atoms with Crippen molar-refractivity contribution in [3.8, 4) is 5.75 Å². The summed E-state index contributed by atoms with van der Waals surface area (Å²) in [5, 5.41) is 0. The first-order chi connectivity index (χ1) is 12.6. The highest BCUT2D eigenvalue weighted by Crippen LogP contribution is 2.20. The summed E-state index contributed by atoms with van der Waals surface area (Å²) in [6, 6.07) is 6.61. The van der Waals surface area contributed by atoms with Gasteiger partial charge in [0, 0.05) is 45.0 Å². The molecule has 1 atom stereocenters. The molecule has 0 aliphatic carbocycles. The highest BCUT2D eigenvalue weighted by atomic mass is 16.5. The second-order valence-corrected chi connectivity index (χ2v) is 6.82. The van der Waals surface area contributed by atoms with Gasteiger partial charge in [0.25, 0.3) is 5.91 Å². The van der Waals surface area contributed by atoms with Crippen LogP contribution in [-0.4, -0.2) is 74.2 Å². The number of methoxy groups -OCH3 is 1. The molecule has 2 N–H and O–H groups in total. The van der Waals surface area contributed by atoms with E-state index in [9.17, 15) is 9.59 Å². The van der Waals surface area contributed by atoms with Crippen molar-refractivity contribution in [2.75, 3.05) is 46.5 Å². The summed E-state index contributed by atoms with van der Waals surface area (Å²) in [4.78, 5) is 28.8. The highest BCUT2D eigenvalue weighted by Gasteiger charge is 2.32. The Morgan fingerprint density at radius 1 is 1.08 bits per heavy atom. The first-order valence-corrected chi connectivity index (χ1v) is 9.15. The zero-order valence-electron chi connectivity index (χ0n) is 15.2. The van der Waals surface area contributed by atoms with Crippen molar-refractivity contribution in [3.63, 3.8) is 0 Å². The maximum atomic E-state index is 12.7. The number of carbonyl (C=O) groups excluding carboxylic acids is 2. The van der Waals surface area contributed by atoms with Crippen LogP contribution in [0.3, 0.4) is 0 Å². The van der Waals surface area contributed by atoms with Crippen LogP contribution in [-0.2, 0) is 9.53 Å². The van der Waals surface area contributed by atoms with E-state index in [1.54, 1.807) is 41.2 Å². The van der Waals surface area contributed by atoms with E-state index in [4.69, 9.17) is 15.2 Å². The number of rotatable bonds is 4. The fourth-order valence-electron chi connectivity index (χ4n) is 3.53. The molecule has 2 aliphatic rings. The number of hydrogen-bond acceptors (Lipinski definition) is 5. The lowest BCUT2D eigenvalue weighted by Crippen LogP contribution is -2.56. The van der Waals surface area contributed by atoms with Gasteiger partial charge in [0.1, 0.15) is 5.75 Å². The fourth-order valence-corrected chi connectivity index (χ4v) is 3.53. The van der Waals surface area contributed by atoms with Crippen LogP contribution < -0.4 is 10.5 Å². The number of amides is 2. The average molecular weight is 361 g/mol. The Kier molecular flexibility index (Phi) is 6.11. The lowest BCUT2D eigenvalue weighted by molar-refractivity contribution is -0.136. The van der Waals surface area contributed by atoms with E-state index in [1.165, 1.54) is 0 Å². The summed E-state index contributed by atoms with van der Waals surface area (Å²) < 4.78 is 10.5. The number of benzene rings is 1. The standard InChI is InChI=1S/C19H27N3O4/c1-25-16-4-2-15(3-5-16)18(23)21-8-10-22(11-9-21)19(24)17(20)14-6-12-26-13-7-14/h2-5,14,17H,6-13,20H2,1H3. The number of piperazine rings is 1. The van der Waals surface area contributed by atoms with Crippen LogP contribution in [0, 0.1) is 5.92 Å². The second-order valence-electron chi connectivity index (χ2n) is 6.82. The zero-order valence-corrected chi connectivity index (χ0v) is 15.2. The topological polar surface area (TPSA) is 85.1 Å². The van der Waals surface area contributed by atoms with Crippen molar-refractivity contribution in [3.05, 3.63) is 29.8 Å². The van der Waals surface area contributed by atoms with E-state index in [0.29, 0.717) is 45.0 Å². The van der Waals surface area contributed by atoms with Crippen LogP contribution in [0.4, 0.5) is 0 Å². The Bertz CT molecular complexity index is 620. The normalized spacial score (nSPS) is 19.9. The van der Waals surface area contributed by atoms with E-state index < -0.39 is 6.04 Å². The second kappa shape index (κ2) is 8.51. The molecule has 0 radical (unpaired) electrons. The molecule has 0 saturated carbocycles. The minimum absolute atomic E-state index is 0.00607. The first kappa shape index (κ1) is 18.7. The largest absolute Gasteiger partial charge is 0.497 e. The molecule has 0 bridgehead atoms. The van der Waals surface area contributed by atoms with Crippen LogP contribution in [0.25, 0.3) is 0 Å². The lowest BCUT2D eigenvalue weighted by atomic mass is 9.91. The Morgan fingerprint density at radius 2 is 1.65 bits per heavy atom. The van der Waals surface area contributed by atoms with Gasteiger partial charge in [0.2, 0.25) is 5.91 Å². The molecule has 2 amide bonds. The third-order valence-electron chi connectivity index (χ3n) is 5.27. The van der Waals surface area contributed by atoms with Crippen LogP contribution in [0.5, 0.6) is 5.75 Å². The van der Waals surface area contributed by atoms with Crippen molar-refractivity contribution < 1.29 is 19.1 Å². The zero-order chi connectivity index (χ0) is 18.5. The molecule has 1 aromatic carbocycles. The Morgan fingerprint density at radius 3 is 2.23 bits per heavy atom. The molecule has 1 unspecified atom stereocenters. The van der Waals surface area contributed by atoms with Crippen molar-refractivity contribution in [1.29, 1.82) is 0 Å². The quantitative estimate of drug-likeness (QED) is 0.855. The van der Waals surface area contributed by atoms with Crippen LogP contribution in [0.2, 0.25) is 0 Å². The van der Waals surface area contributed by atoms with E-state index in [-0.39, 0.29) is 17.7 Å². The summed E-state index contributed by atoms with van der Waals surface area (Å²) in [7, 11) is 1.60.